The van der Waals surface area contributed by atoms with E-state index in [1.807, 2.05) is 12.1 Å². The summed E-state index contributed by atoms with van der Waals surface area (Å²) in [5.41, 5.74) is 0.908. The molecule has 2 saturated heterocycles. The topological polar surface area (TPSA) is 79.9 Å². The van der Waals surface area contributed by atoms with Crippen LogP contribution in [-0.2, 0) is 9.59 Å². The maximum Gasteiger partial charge on any atom is 0.249 e. The Labute approximate surface area is 171 Å². The average molecular weight is 410 g/mol. The monoisotopic (exact) mass is 409 g/mol. The minimum Gasteiger partial charge on any atom is -0.497 e. The second-order valence-electron chi connectivity index (χ2n) is 7.78. The van der Waals surface area contributed by atoms with E-state index >= 15 is 0 Å². The number of anilines is 1. The van der Waals surface area contributed by atoms with Gasteiger partial charge in [0.15, 0.2) is 0 Å². The van der Waals surface area contributed by atoms with E-state index in [1.165, 1.54) is 0 Å². The summed E-state index contributed by atoms with van der Waals surface area (Å²) in [6.07, 6.45) is 3.68. The lowest BCUT2D eigenvalue weighted by Crippen LogP contribution is -2.43. The molecule has 2 atom stereocenters. The molecule has 2 N–H and O–H groups in total. The van der Waals surface area contributed by atoms with E-state index in [0.29, 0.717) is 24.5 Å². The minimum absolute atomic E-state index is 0. The summed E-state index contributed by atoms with van der Waals surface area (Å²) >= 11 is 0. The van der Waals surface area contributed by atoms with Gasteiger partial charge in [-0.3, -0.25) is 9.59 Å². The maximum absolute atomic E-state index is 12.9. The second-order valence-corrected chi connectivity index (χ2v) is 7.78. The summed E-state index contributed by atoms with van der Waals surface area (Å²) < 4.78 is 10.6. The molecule has 154 valence electrons. The van der Waals surface area contributed by atoms with Crippen molar-refractivity contribution in [3.05, 3.63) is 18.2 Å². The highest BCUT2D eigenvalue weighted by Gasteiger charge is 2.58. The zero-order valence-electron chi connectivity index (χ0n) is 16.3. The van der Waals surface area contributed by atoms with Crippen LogP contribution in [0.4, 0.5) is 5.69 Å². The van der Waals surface area contributed by atoms with Gasteiger partial charge in [-0.25, -0.2) is 0 Å². The van der Waals surface area contributed by atoms with Gasteiger partial charge in [0.1, 0.15) is 17.5 Å². The summed E-state index contributed by atoms with van der Waals surface area (Å²) in [6, 6.07) is 4.95. The number of halogens is 1. The number of piperidine rings is 1. The number of hydrogen-bond acceptors (Lipinski definition) is 5. The van der Waals surface area contributed by atoms with E-state index in [9.17, 15) is 9.59 Å². The quantitative estimate of drug-likeness (QED) is 0.774. The summed E-state index contributed by atoms with van der Waals surface area (Å²) in [4.78, 5) is 27.3. The molecule has 2 amide bonds. The third kappa shape index (κ3) is 3.78. The molecule has 0 aromatic heterocycles. The van der Waals surface area contributed by atoms with E-state index in [0.717, 1.165) is 38.0 Å². The van der Waals surface area contributed by atoms with Crippen LogP contribution in [0.15, 0.2) is 18.2 Å². The molecular formula is C20H28ClN3O4. The van der Waals surface area contributed by atoms with Crippen molar-refractivity contribution in [3.8, 4) is 11.5 Å². The van der Waals surface area contributed by atoms with Crippen molar-refractivity contribution < 1.29 is 19.1 Å². The van der Waals surface area contributed by atoms with E-state index in [-0.39, 0.29) is 35.6 Å². The third-order valence-electron chi connectivity index (χ3n) is 6.28. The van der Waals surface area contributed by atoms with Crippen LogP contribution in [0.25, 0.3) is 0 Å². The fourth-order valence-corrected chi connectivity index (χ4v) is 4.49. The number of hydrogen-bond donors (Lipinski definition) is 2. The van der Waals surface area contributed by atoms with Crippen molar-refractivity contribution in [3.63, 3.8) is 0 Å². The zero-order valence-corrected chi connectivity index (χ0v) is 17.1. The molecule has 2 unspecified atom stereocenters. The van der Waals surface area contributed by atoms with Gasteiger partial charge < -0.3 is 25.0 Å². The van der Waals surface area contributed by atoms with E-state index in [1.54, 1.807) is 25.2 Å². The van der Waals surface area contributed by atoms with Crippen molar-refractivity contribution in [1.82, 2.24) is 10.6 Å². The number of nitrogens with zero attached hydrogens (tertiary/aromatic N) is 1. The summed E-state index contributed by atoms with van der Waals surface area (Å²) in [6.45, 7) is 2.54. The molecule has 7 nitrogen and oxygen atoms in total. The number of carbonyl (C=O) groups is 2. The van der Waals surface area contributed by atoms with Crippen molar-refractivity contribution >= 4 is 29.9 Å². The Bertz CT molecular complexity index is 729. The van der Waals surface area contributed by atoms with Crippen LogP contribution in [0.2, 0.25) is 0 Å². The first-order valence-corrected chi connectivity index (χ1v) is 9.62. The lowest BCUT2D eigenvalue weighted by Gasteiger charge is -2.23. The fourth-order valence-electron chi connectivity index (χ4n) is 4.49. The predicted octanol–water partition coefficient (Wildman–Crippen LogP) is 1.74. The molecule has 1 aliphatic carbocycles. The summed E-state index contributed by atoms with van der Waals surface area (Å²) in [7, 11) is 3.17. The molecule has 2 aliphatic heterocycles. The summed E-state index contributed by atoms with van der Waals surface area (Å²) in [5.74, 6) is 1.31. The lowest BCUT2D eigenvalue weighted by atomic mass is 9.91. The molecule has 1 aromatic carbocycles. The molecule has 0 bridgehead atoms. The molecule has 1 spiro atoms. The van der Waals surface area contributed by atoms with Gasteiger partial charge in [-0.15, -0.1) is 12.4 Å². The number of carbonyl (C=O) groups excluding carboxylic acids is 2. The second kappa shape index (κ2) is 8.17. The standard InChI is InChI=1S/C20H27N3O4.ClH/c1-26-14-9-13(10-15(11-14)27-2)23-8-3-17(19(23)25)22-18(24)16-12-20(16)4-6-21-7-5-20;/h9-11,16-17,21H,3-8,12H2,1-2H3,(H,22,24);1H. The van der Waals surface area contributed by atoms with Crippen molar-refractivity contribution in [2.45, 2.75) is 31.7 Å². The van der Waals surface area contributed by atoms with Crippen LogP contribution in [0.5, 0.6) is 11.5 Å². The van der Waals surface area contributed by atoms with Gasteiger partial charge in [0, 0.05) is 30.7 Å². The predicted molar refractivity (Wildman–Crippen MR) is 108 cm³/mol. The number of methoxy groups -OCH3 is 2. The Balaban J connectivity index is 0.00000225. The van der Waals surface area contributed by atoms with Gasteiger partial charge in [-0.1, -0.05) is 0 Å². The largest absolute Gasteiger partial charge is 0.497 e. The molecular weight excluding hydrogens is 382 g/mol. The van der Waals surface area contributed by atoms with Crippen LogP contribution in [-0.4, -0.2) is 51.7 Å². The summed E-state index contributed by atoms with van der Waals surface area (Å²) in [5, 5.41) is 6.36. The van der Waals surface area contributed by atoms with E-state index in [4.69, 9.17) is 9.47 Å². The SMILES string of the molecule is COc1cc(OC)cc(N2CCC(NC(=O)C3CC34CCNCC4)C2=O)c1.Cl. The van der Waals surface area contributed by atoms with Gasteiger partial charge in [-0.2, -0.15) is 0 Å². The van der Waals surface area contributed by atoms with Crippen molar-refractivity contribution in [1.29, 1.82) is 0 Å². The van der Waals surface area contributed by atoms with E-state index < -0.39 is 6.04 Å². The number of benzene rings is 1. The normalized spacial score (nSPS) is 25.2. The molecule has 1 saturated carbocycles. The van der Waals surface area contributed by atoms with Gasteiger partial charge >= 0.3 is 0 Å². The first-order valence-electron chi connectivity index (χ1n) is 9.62. The van der Waals surface area contributed by atoms with Gasteiger partial charge in [0.05, 0.1) is 19.9 Å². The molecule has 8 heteroatoms. The minimum atomic E-state index is -0.450. The Morgan fingerprint density at radius 2 is 1.82 bits per heavy atom. The Morgan fingerprint density at radius 3 is 2.43 bits per heavy atom. The van der Waals surface area contributed by atoms with Crippen LogP contribution < -0.4 is 25.0 Å². The number of ether oxygens (including phenoxy) is 2. The molecule has 3 aliphatic rings. The molecule has 1 aromatic rings. The number of amides is 2. The molecule has 2 heterocycles. The molecule has 3 fully saturated rings. The lowest BCUT2D eigenvalue weighted by molar-refractivity contribution is -0.127. The molecule has 0 radical (unpaired) electrons. The number of rotatable bonds is 5. The highest BCUT2D eigenvalue weighted by Crippen LogP contribution is 2.58. The Hall–Kier alpha value is -1.99. The first-order chi connectivity index (χ1) is 13.1. The maximum atomic E-state index is 12.9. The highest BCUT2D eigenvalue weighted by atomic mass is 35.5. The fraction of sp³-hybridized carbons (Fsp3) is 0.600. The average Bonchev–Trinajstić information content (AvgIpc) is 3.27. The highest BCUT2D eigenvalue weighted by molar-refractivity contribution is 6.02. The van der Waals surface area contributed by atoms with Crippen LogP contribution in [0, 0.1) is 11.3 Å². The molecule has 4 rings (SSSR count). The van der Waals surface area contributed by atoms with Gasteiger partial charge in [0.25, 0.3) is 0 Å². The number of nitrogens with one attached hydrogen (secondary N) is 2. The zero-order chi connectivity index (χ0) is 19.0. The van der Waals surface area contributed by atoms with Crippen LogP contribution in [0.3, 0.4) is 0 Å². The Morgan fingerprint density at radius 1 is 1.18 bits per heavy atom. The van der Waals surface area contributed by atoms with Gasteiger partial charge in [0.2, 0.25) is 11.8 Å². The third-order valence-corrected chi connectivity index (χ3v) is 6.28. The van der Waals surface area contributed by atoms with E-state index in [2.05, 4.69) is 10.6 Å². The first kappa shape index (κ1) is 20.7. The van der Waals surface area contributed by atoms with Crippen LogP contribution >= 0.6 is 12.4 Å². The van der Waals surface area contributed by atoms with Crippen molar-refractivity contribution in [2.24, 2.45) is 11.3 Å². The Kier molecular flexibility index (Phi) is 6.05. The van der Waals surface area contributed by atoms with Gasteiger partial charge in [-0.05, 0) is 44.2 Å². The van der Waals surface area contributed by atoms with Crippen molar-refractivity contribution in [2.75, 3.05) is 38.8 Å². The van der Waals surface area contributed by atoms with Crippen LogP contribution in [0.1, 0.15) is 25.7 Å². The smallest absolute Gasteiger partial charge is 0.249 e. The molecule has 28 heavy (non-hydrogen) atoms.